The summed E-state index contributed by atoms with van der Waals surface area (Å²) in [6.45, 7) is 6.73. The van der Waals surface area contributed by atoms with Crippen molar-refractivity contribution in [3.8, 4) is 0 Å². The van der Waals surface area contributed by atoms with Crippen molar-refractivity contribution in [3.05, 3.63) is 41.3 Å². The zero-order valence-corrected chi connectivity index (χ0v) is 14.6. The maximum Gasteiger partial charge on any atom is -0.000922 e. The number of aryl methyl sites for hydroxylation is 1. The van der Waals surface area contributed by atoms with Crippen LogP contribution in [0.1, 0.15) is 96.1 Å². The van der Waals surface area contributed by atoms with E-state index in [1.54, 1.807) is 0 Å². The van der Waals surface area contributed by atoms with Crippen LogP contribution in [-0.4, -0.2) is 0 Å². The summed E-state index contributed by atoms with van der Waals surface area (Å²) in [5, 5.41) is 0. The van der Waals surface area contributed by atoms with Crippen molar-refractivity contribution in [1.82, 2.24) is 0 Å². The van der Waals surface area contributed by atoms with Gasteiger partial charge in [-0.2, -0.15) is 0 Å². The summed E-state index contributed by atoms with van der Waals surface area (Å²) in [5.41, 5.74) is 3.01. The van der Waals surface area contributed by atoms with Crippen LogP contribution >= 0.6 is 0 Å². The normalized spacial score (nSPS) is 11.2. The van der Waals surface area contributed by atoms with Gasteiger partial charge in [-0.15, -0.1) is 0 Å². The van der Waals surface area contributed by atoms with Crippen LogP contribution in [0.15, 0.2) is 24.3 Å². The van der Waals surface area contributed by atoms with Gasteiger partial charge in [0, 0.05) is 0 Å². The van der Waals surface area contributed by atoms with Crippen LogP contribution < -0.4 is 0 Å². The van der Waals surface area contributed by atoms with Crippen LogP contribution in [0.4, 0.5) is 0 Å². The van der Waals surface area contributed by atoms with Crippen molar-refractivity contribution < 1.29 is 0 Å². The van der Waals surface area contributed by atoms with Crippen molar-refractivity contribution in [2.45, 2.75) is 91.4 Å². The first-order valence-electron chi connectivity index (χ1n) is 9.14. The number of rotatable bonds is 12. The second-order valence-corrected chi connectivity index (χ2v) is 6.59. The van der Waals surface area contributed by atoms with Gasteiger partial charge >= 0.3 is 0 Å². The smallest absolute Gasteiger partial charge is 0.000922 e. The fourth-order valence-electron chi connectivity index (χ4n) is 3.03. The Labute approximate surface area is 133 Å². The first-order valence-corrected chi connectivity index (χ1v) is 9.14. The zero-order valence-electron chi connectivity index (χ0n) is 14.6. The van der Waals surface area contributed by atoms with E-state index >= 15 is 0 Å². The highest BCUT2D eigenvalue weighted by atomic mass is 14.1. The summed E-state index contributed by atoms with van der Waals surface area (Å²) in [4.78, 5) is 0. The Morgan fingerprint density at radius 2 is 1.24 bits per heavy atom. The Balaban J connectivity index is 2.04. The zero-order chi connectivity index (χ0) is 15.3. The molecular weight excluding hydrogens is 252 g/mol. The van der Waals surface area contributed by atoms with Crippen LogP contribution in [0, 0.1) is 5.92 Å². The summed E-state index contributed by atoms with van der Waals surface area (Å²) in [5.74, 6) is 1.44. The third-order valence-corrected chi connectivity index (χ3v) is 4.36. The third-order valence-electron chi connectivity index (χ3n) is 4.36. The Morgan fingerprint density at radius 1 is 0.714 bits per heavy atom. The molecule has 0 aliphatic heterocycles. The van der Waals surface area contributed by atoms with Gasteiger partial charge < -0.3 is 0 Å². The molecule has 1 radical (unpaired) electrons. The first-order chi connectivity index (χ1) is 10.3. The quantitative estimate of drug-likeness (QED) is 0.359. The van der Waals surface area contributed by atoms with Crippen LogP contribution in [0.3, 0.4) is 0 Å². The van der Waals surface area contributed by atoms with Gasteiger partial charge in [-0.3, -0.25) is 0 Å². The van der Waals surface area contributed by atoms with Crippen molar-refractivity contribution in [2.75, 3.05) is 0 Å². The van der Waals surface area contributed by atoms with Crippen LogP contribution in [0.2, 0.25) is 0 Å². The predicted octanol–water partition coefficient (Wildman–Crippen LogP) is 7.11. The lowest BCUT2D eigenvalue weighted by Crippen LogP contribution is -1.97. The van der Waals surface area contributed by atoms with E-state index in [1.165, 1.54) is 87.7 Å². The lowest BCUT2D eigenvalue weighted by atomic mass is 9.94. The molecule has 0 heterocycles. The summed E-state index contributed by atoms with van der Waals surface area (Å²) >= 11 is 0. The minimum absolute atomic E-state index is 1.25. The third kappa shape index (κ3) is 8.29. The molecule has 0 N–H and O–H groups in total. The Bertz CT molecular complexity index is 351. The van der Waals surface area contributed by atoms with E-state index in [9.17, 15) is 0 Å². The highest BCUT2D eigenvalue weighted by Crippen LogP contribution is 2.20. The second-order valence-electron chi connectivity index (χ2n) is 6.59. The fourth-order valence-corrected chi connectivity index (χ4v) is 3.03. The van der Waals surface area contributed by atoms with Crippen molar-refractivity contribution in [1.29, 1.82) is 0 Å². The van der Waals surface area contributed by atoms with Crippen molar-refractivity contribution in [2.24, 2.45) is 0 Å². The standard InChI is InChI=1S/C21H35/c1-4-5-6-7-8-9-10-11-12-13-16-20-17-14-15-18-21(20)19(2)3/h14-15,17-18H,4-13,16H2,1-3H3. The molecule has 0 bridgehead atoms. The second kappa shape index (κ2) is 11.8. The molecule has 1 aromatic rings. The summed E-state index contributed by atoms with van der Waals surface area (Å²) in [7, 11) is 0. The average Bonchev–Trinajstić information content (AvgIpc) is 2.49. The molecule has 0 saturated heterocycles. The minimum atomic E-state index is 1.25. The molecule has 0 saturated carbocycles. The Morgan fingerprint density at radius 3 is 1.81 bits per heavy atom. The molecule has 0 spiro atoms. The molecule has 1 aromatic carbocycles. The van der Waals surface area contributed by atoms with Gasteiger partial charge in [0.15, 0.2) is 0 Å². The number of unbranched alkanes of at least 4 members (excludes halogenated alkanes) is 9. The molecule has 0 aromatic heterocycles. The van der Waals surface area contributed by atoms with E-state index in [1.807, 2.05) is 0 Å². The molecular formula is C21H35. The maximum atomic E-state index is 2.30. The van der Waals surface area contributed by atoms with Gasteiger partial charge in [-0.1, -0.05) is 103 Å². The van der Waals surface area contributed by atoms with Crippen LogP contribution in [-0.2, 0) is 6.42 Å². The van der Waals surface area contributed by atoms with E-state index in [0.29, 0.717) is 0 Å². The molecule has 0 fully saturated rings. The molecule has 0 aliphatic carbocycles. The molecule has 0 heteroatoms. The van der Waals surface area contributed by atoms with Crippen molar-refractivity contribution >= 4 is 0 Å². The van der Waals surface area contributed by atoms with E-state index in [4.69, 9.17) is 0 Å². The average molecular weight is 288 g/mol. The van der Waals surface area contributed by atoms with Gasteiger partial charge in [0.25, 0.3) is 0 Å². The van der Waals surface area contributed by atoms with E-state index in [-0.39, 0.29) is 0 Å². The molecule has 1 rings (SSSR count). The molecule has 0 unspecified atom stereocenters. The molecule has 0 aliphatic rings. The largest absolute Gasteiger partial charge is 0.0654 e. The lowest BCUT2D eigenvalue weighted by molar-refractivity contribution is 0.556. The number of hydrogen-bond donors (Lipinski definition) is 0. The highest BCUT2D eigenvalue weighted by Gasteiger charge is 2.05. The monoisotopic (exact) mass is 287 g/mol. The van der Waals surface area contributed by atoms with Gasteiger partial charge in [0.1, 0.15) is 0 Å². The molecule has 0 amide bonds. The number of benzene rings is 1. The summed E-state index contributed by atoms with van der Waals surface area (Å²) in [6.07, 6.45) is 15.4. The SMILES string of the molecule is CCCCCCCCCCCCc1ccccc1[C](C)C. The molecule has 0 atom stereocenters. The fraction of sp³-hybridized carbons (Fsp3) is 0.667. The summed E-state index contributed by atoms with van der Waals surface area (Å²) < 4.78 is 0. The maximum absolute atomic E-state index is 2.30. The van der Waals surface area contributed by atoms with Gasteiger partial charge in [-0.25, -0.2) is 0 Å². The van der Waals surface area contributed by atoms with Gasteiger partial charge in [0.2, 0.25) is 0 Å². The lowest BCUT2D eigenvalue weighted by Gasteiger charge is -2.11. The van der Waals surface area contributed by atoms with Crippen molar-refractivity contribution in [3.63, 3.8) is 0 Å². The molecule has 119 valence electrons. The Kier molecular flexibility index (Phi) is 10.3. The Hall–Kier alpha value is -0.780. The van der Waals surface area contributed by atoms with Gasteiger partial charge in [0.05, 0.1) is 0 Å². The van der Waals surface area contributed by atoms with Crippen LogP contribution in [0.25, 0.3) is 0 Å². The summed E-state index contributed by atoms with van der Waals surface area (Å²) in [6, 6.07) is 8.90. The molecule has 21 heavy (non-hydrogen) atoms. The number of hydrogen-bond acceptors (Lipinski definition) is 0. The van der Waals surface area contributed by atoms with E-state index in [0.717, 1.165) is 0 Å². The highest BCUT2D eigenvalue weighted by molar-refractivity contribution is 5.36. The molecule has 0 nitrogen and oxygen atoms in total. The van der Waals surface area contributed by atoms with E-state index in [2.05, 4.69) is 45.0 Å². The minimum Gasteiger partial charge on any atom is -0.0654 e. The topological polar surface area (TPSA) is 0 Å². The first kappa shape index (κ1) is 18.3. The van der Waals surface area contributed by atoms with Crippen LogP contribution in [0.5, 0.6) is 0 Å². The predicted molar refractivity (Wildman–Crippen MR) is 95.7 cm³/mol. The van der Waals surface area contributed by atoms with Gasteiger partial charge in [-0.05, 0) is 29.9 Å². The van der Waals surface area contributed by atoms with E-state index < -0.39 is 0 Å².